The van der Waals surface area contributed by atoms with Crippen molar-refractivity contribution in [1.29, 1.82) is 0 Å². The number of pyridine rings is 4. The van der Waals surface area contributed by atoms with E-state index in [1.165, 1.54) is 28.2 Å². The van der Waals surface area contributed by atoms with Crippen molar-refractivity contribution < 1.29 is 0 Å². The minimum absolute atomic E-state index is 0.212. The van der Waals surface area contributed by atoms with E-state index < -0.39 is 44.5 Å². The number of fused-ring (bicyclic) bond motifs is 4. The lowest BCUT2D eigenvalue weighted by molar-refractivity contribution is 0.841. The Morgan fingerprint density at radius 3 is 0.692 bits per heavy atom. The molecule has 24 aromatic rings. The van der Waals surface area contributed by atoms with Gasteiger partial charge in [-0.05, 0) is 155 Å². The van der Waals surface area contributed by atoms with E-state index in [9.17, 15) is 0 Å². The van der Waals surface area contributed by atoms with E-state index in [-0.39, 0.29) is 43.1 Å². The second-order valence-corrected chi connectivity index (χ2v) is 28.4. The molecule has 6 aromatic heterocycles. The minimum atomic E-state index is -0.589. The van der Waals surface area contributed by atoms with Gasteiger partial charge in [0.2, 0.25) is 0 Å². The van der Waals surface area contributed by atoms with Crippen molar-refractivity contribution in [2.45, 2.75) is 0 Å². The summed E-state index contributed by atoms with van der Waals surface area (Å²) >= 11 is 0. The van der Waals surface area contributed by atoms with E-state index in [1.54, 1.807) is 0 Å². The highest BCUT2D eigenvalue weighted by atomic mass is 16.2. The predicted molar refractivity (Wildman–Crippen MR) is 421 cm³/mol. The molecule has 0 bridgehead atoms. The first-order chi connectivity index (χ1) is 50.7. The first-order valence-corrected chi connectivity index (χ1v) is 34.4. The van der Waals surface area contributed by atoms with Crippen LogP contribution in [0.15, 0.2) is 245 Å². The number of hydrogen-bond donors (Lipinski definition) is 0. The molecule has 16 heteroatoms. The smallest absolute Gasteiger partial charge is 0.261 e. The van der Waals surface area contributed by atoms with Gasteiger partial charge in [0.1, 0.15) is 0 Å². The number of aromatic nitrogens is 6. The molecule has 18 aromatic carbocycles. The molecule has 6 heterocycles. The Kier molecular flexibility index (Phi) is 9.78. The van der Waals surface area contributed by atoms with Crippen molar-refractivity contribution in [1.82, 2.24) is 27.4 Å². The van der Waals surface area contributed by atoms with Gasteiger partial charge in [0.25, 0.3) is 44.5 Å². The number of nitrogens with zero attached hydrogens (tertiary/aromatic N) is 8. The van der Waals surface area contributed by atoms with Gasteiger partial charge in [-0.3, -0.25) is 56.6 Å². The lowest BCUT2D eigenvalue weighted by atomic mass is 9.73. The Balaban J connectivity index is 0.941. The Hall–Kier alpha value is -14.1. The van der Waals surface area contributed by atoms with Crippen LogP contribution in [0.2, 0.25) is 0 Å². The minimum Gasteiger partial charge on any atom is -0.311 e. The Bertz CT molecular complexity index is 7910. The maximum atomic E-state index is 16.3. The third-order valence-electron chi connectivity index (χ3n) is 23.7. The summed E-state index contributed by atoms with van der Waals surface area (Å²) in [5.41, 5.74) is 4.83. The first-order valence-electron chi connectivity index (χ1n) is 34.4. The molecule has 486 valence electrons. The fourth-order valence-corrected chi connectivity index (χ4v) is 19.5. The van der Waals surface area contributed by atoms with Crippen molar-refractivity contribution >= 4 is 218 Å². The lowest BCUT2D eigenvalue weighted by Crippen LogP contribution is -2.31. The van der Waals surface area contributed by atoms with Crippen molar-refractivity contribution in [3.05, 3.63) is 289 Å². The van der Waals surface area contributed by atoms with Crippen LogP contribution >= 0.6 is 0 Å². The topological polar surface area (TPSA) is 173 Å². The van der Waals surface area contributed by atoms with E-state index in [0.717, 1.165) is 52.4 Å². The summed E-state index contributed by atoms with van der Waals surface area (Å²) in [7, 11) is 5.93. The van der Waals surface area contributed by atoms with Gasteiger partial charge in [-0.2, -0.15) is 0 Å². The summed E-state index contributed by atoms with van der Waals surface area (Å²) in [6.07, 6.45) is 0. The molecule has 0 amide bonds. The largest absolute Gasteiger partial charge is 0.311 e. The van der Waals surface area contributed by atoms with Crippen LogP contribution in [0.5, 0.6) is 0 Å². The monoisotopic (exact) mass is 1340 g/mol. The normalized spacial score (nSPS) is 12.9. The Labute approximate surface area is 580 Å². The summed E-state index contributed by atoms with van der Waals surface area (Å²) < 4.78 is 8.73. The molecule has 0 aliphatic carbocycles. The summed E-state index contributed by atoms with van der Waals surface area (Å²) in [6.45, 7) is 0. The van der Waals surface area contributed by atoms with Crippen LogP contribution in [-0.4, -0.2) is 27.4 Å². The fraction of sp³-hybridized carbons (Fsp3) is 0.0455. The van der Waals surface area contributed by atoms with Gasteiger partial charge in [0, 0.05) is 181 Å². The van der Waals surface area contributed by atoms with Crippen LogP contribution in [0, 0.1) is 0 Å². The second-order valence-electron chi connectivity index (χ2n) is 28.4. The van der Waals surface area contributed by atoms with Crippen LogP contribution in [0.3, 0.4) is 0 Å². The number of hydrogen-bond acceptors (Lipinski definition) is 10. The van der Waals surface area contributed by atoms with Crippen LogP contribution in [0.25, 0.3) is 195 Å². The summed E-state index contributed by atoms with van der Waals surface area (Å²) in [6, 6.07) is 67.6. The van der Waals surface area contributed by atoms with Crippen molar-refractivity contribution in [2.24, 2.45) is 28.2 Å². The standard InChI is InChI=1S/C88H46N8O8/c1-89-81(97)49-33-47-61-71-59(49)51(83(89)99)35-55-67(71)69-57(95(55)45-29-25-43(26-30-45)93(39-17-9-5-10-18-39)40-19-11-6-12-20-40)37-53-66-73(69)75(61)78-64(80(66)88(104)92(4)85(53)101)48-34-50-60-52(84(100)90(2)82(50)98)36-56-68-70-58(38-54-65-74(70)76(62(48)72(60)68)77(78)63(47)79(65)87(103)91(3)86(54)102)96(56)46-31-27-44(28-32-46)94(41-21-13-7-14-22-41)42-23-15-8-16-24-42/h5-38H,1-4H3. The average Bonchev–Trinajstić information content (AvgIpc) is 1.10. The molecule has 0 saturated carbocycles. The SMILES string of the molecule is Cn1c(=O)c2cc3c4c5c(=O)n(C)c(=O)c6cc7c8c(c65)c5c6c(cc9c(=O)n(C)c(=O)c%10cc(c8c6c9%10)n7-c6ccc(N(c7ccccc7)c7ccccc7)cc6)c6c7c(=O)n(C)c(=O)c8cc9c%10c(c87)c(c3c3c2c(cc(c3%10)n9-c2ccc(N(c3ccccc3)c3ccccc3)cc2)c1=O)c6c45. The number of para-hydroxylation sites is 4. The average molecular weight is 1340 g/mol. The predicted octanol–water partition coefficient (Wildman–Crippen LogP) is 15.9. The summed E-state index contributed by atoms with van der Waals surface area (Å²) in [5.74, 6) is 0. The fourth-order valence-electron chi connectivity index (χ4n) is 19.5. The molecule has 0 N–H and O–H groups in total. The third-order valence-corrected chi connectivity index (χ3v) is 23.7. The molecule has 0 unspecified atom stereocenters. The molecular weight excluding hydrogens is 1300 g/mol. The van der Waals surface area contributed by atoms with Crippen LogP contribution in [-0.2, 0) is 28.2 Å². The molecule has 0 saturated heterocycles. The zero-order valence-corrected chi connectivity index (χ0v) is 55.5. The quantitative estimate of drug-likeness (QED) is 0.105. The summed E-state index contributed by atoms with van der Waals surface area (Å²) in [5, 5.41) is 14.0. The van der Waals surface area contributed by atoms with E-state index in [1.807, 2.05) is 158 Å². The van der Waals surface area contributed by atoms with Gasteiger partial charge in [-0.25, -0.2) is 0 Å². The molecule has 0 spiro atoms. The Morgan fingerprint density at radius 2 is 0.404 bits per heavy atom. The van der Waals surface area contributed by atoms with Gasteiger partial charge in [-0.15, -0.1) is 0 Å². The molecular formula is C88H46N8O8. The van der Waals surface area contributed by atoms with Crippen LogP contribution < -0.4 is 54.3 Å². The lowest BCUT2D eigenvalue weighted by Gasteiger charge is -2.28. The molecule has 0 radical (unpaired) electrons. The second kappa shape index (κ2) is 18.3. The maximum absolute atomic E-state index is 16.3. The third kappa shape index (κ3) is 6.10. The van der Waals surface area contributed by atoms with E-state index >= 15 is 38.4 Å². The van der Waals surface area contributed by atoms with Gasteiger partial charge in [-0.1, -0.05) is 72.8 Å². The van der Waals surface area contributed by atoms with Crippen molar-refractivity contribution in [3.63, 3.8) is 0 Å². The Morgan fingerprint density at radius 1 is 0.192 bits per heavy atom. The molecule has 0 aliphatic rings. The van der Waals surface area contributed by atoms with E-state index in [2.05, 4.69) is 67.5 Å². The van der Waals surface area contributed by atoms with Crippen LogP contribution in [0.1, 0.15) is 0 Å². The first kappa shape index (κ1) is 55.7. The number of anilines is 6. The van der Waals surface area contributed by atoms with Gasteiger partial charge in [0.05, 0.1) is 54.4 Å². The van der Waals surface area contributed by atoms with Crippen molar-refractivity contribution in [3.8, 4) is 11.4 Å². The number of benzene rings is 18. The molecule has 0 aliphatic heterocycles. The zero-order chi connectivity index (χ0) is 69.5. The van der Waals surface area contributed by atoms with E-state index in [0.29, 0.717) is 152 Å². The molecule has 16 nitrogen and oxygen atoms in total. The number of rotatable bonds is 8. The summed E-state index contributed by atoms with van der Waals surface area (Å²) in [4.78, 5) is 130. The highest BCUT2D eigenvalue weighted by Crippen LogP contribution is 2.63. The van der Waals surface area contributed by atoms with Gasteiger partial charge in [0.15, 0.2) is 0 Å². The van der Waals surface area contributed by atoms with Crippen LogP contribution in [0.4, 0.5) is 34.1 Å². The molecule has 24 rings (SSSR count). The maximum Gasteiger partial charge on any atom is 0.261 e. The van der Waals surface area contributed by atoms with Gasteiger partial charge < -0.3 is 18.9 Å². The molecule has 0 fully saturated rings. The van der Waals surface area contributed by atoms with Crippen molar-refractivity contribution in [2.75, 3.05) is 9.80 Å². The van der Waals surface area contributed by atoms with Gasteiger partial charge >= 0.3 is 0 Å². The molecule has 104 heavy (non-hydrogen) atoms. The zero-order valence-electron chi connectivity index (χ0n) is 55.5. The van der Waals surface area contributed by atoms with E-state index in [4.69, 9.17) is 0 Å². The highest BCUT2D eigenvalue weighted by molar-refractivity contribution is 6.63. The molecule has 0 atom stereocenters. The highest BCUT2D eigenvalue weighted by Gasteiger charge is 2.39.